The summed E-state index contributed by atoms with van der Waals surface area (Å²) in [5.41, 5.74) is 0. The van der Waals surface area contributed by atoms with E-state index in [0.29, 0.717) is 18.1 Å². The fraction of sp³-hybridized carbons (Fsp3) is 0.833. The number of hydrogen-bond acceptors (Lipinski definition) is 4. The summed E-state index contributed by atoms with van der Waals surface area (Å²) in [4.78, 5) is 25.1. The number of nitrogens with one attached hydrogen (secondary N) is 1. The van der Waals surface area contributed by atoms with Crippen molar-refractivity contribution >= 4 is 23.6 Å². The Balaban J connectivity index is 2.06. The van der Waals surface area contributed by atoms with E-state index < -0.39 is 12.0 Å². The van der Waals surface area contributed by atoms with Crippen molar-refractivity contribution in [1.82, 2.24) is 10.2 Å². The van der Waals surface area contributed by atoms with E-state index >= 15 is 0 Å². The smallest absolute Gasteiger partial charge is 0.327 e. The van der Waals surface area contributed by atoms with Gasteiger partial charge in [0.1, 0.15) is 6.04 Å². The Labute approximate surface area is 111 Å². The van der Waals surface area contributed by atoms with Crippen LogP contribution in [0.2, 0.25) is 0 Å². The molecule has 0 aromatic carbocycles. The van der Waals surface area contributed by atoms with E-state index in [1.54, 1.807) is 16.7 Å². The maximum Gasteiger partial charge on any atom is 0.327 e. The molecule has 2 heterocycles. The Kier molecular flexibility index (Phi) is 4.17. The third-order valence-electron chi connectivity index (χ3n) is 3.51. The normalized spacial score (nSPS) is 28.5. The van der Waals surface area contributed by atoms with Crippen molar-refractivity contribution in [1.29, 1.82) is 0 Å². The summed E-state index contributed by atoms with van der Waals surface area (Å²) >= 11 is 1.58. The molecule has 0 radical (unpaired) electrons. The van der Waals surface area contributed by atoms with E-state index in [-0.39, 0.29) is 17.2 Å². The molecule has 6 heteroatoms. The van der Waals surface area contributed by atoms with Gasteiger partial charge in [0, 0.05) is 12.2 Å². The third-order valence-corrected chi connectivity index (χ3v) is 5.13. The number of hydrogen-bond donors (Lipinski definition) is 2. The second kappa shape index (κ2) is 5.48. The standard InChI is InChI=1S/C12H20N2O3S/c1-7(2)11-14(9(6-18-11)12(16)17)10(15)3-8-4-13-5-8/h7-9,11,13H,3-6H2,1-2H3,(H,16,17). The topological polar surface area (TPSA) is 69.6 Å². The summed E-state index contributed by atoms with van der Waals surface area (Å²) in [5.74, 6) is 0.281. The quantitative estimate of drug-likeness (QED) is 0.784. The summed E-state index contributed by atoms with van der Waals surface area (Å²) in [7, 11) is 0. The molecule has 2 saturated heterocycles. The summed E-state index contributed by atoms with van der Waals surface area (Å²) < 4.78 is 0. The minimum absolute atomic E-state index is 0.00222. The number of carbonyl (C=O) groups excluding carboxylic acids is 1. The molecule has 18 heavy (non-hydrogen) atoms. The number of nitrogens with zero attached hydrogens (tertiary/aromatic N) is 1. The van der Waals surface area contributed by atoms with Crippen molar-refractivity contribution in [2.45, 2.75) is 31.7 Å². The minimum atomic E-state index is -0.884. The molecular formula is C12H20N2O3S. The zero-order chi connectivity index (χ0) is 13.3. The zero-order valence-corrected chi connectivity index (χ0v) is 11.6. The van der Waals surface area contributed by atoms with Gasteiger partial charge in [0.05, 0.1) is 5.37 Å². The summed E-state index contributed by atoms with van der Waals surface area (Å²) in [6.07, 6.45) is 0.473. The summed E-state index contributed by atoms with van der Waals surface area (Å²) in [5, 5.41) is 12.4. The lowest BCUT2D eigenvalue weighted by molar-refractivity contribution is -0.150. The van der Waals surface area contributed by atoms with Crippen molar-refractivity contribution in [2.75, 3.05) is 18.8 Å². The third kappa shape index (κ3) is 2.64. The van der Waals surface area contributed by atoms with Crippen LogP contribution in [0.1, 0.15) is 20.3 Å². The van der Waals surface area contributed by atoms with Crippen molar-refractivity contribution < 1.29 is 14.7 Å². The minimum Gasteiger partial charge on any atom is -0.480 e. The Hall–Kier alpha value is -0.750. The molecule has 2 aliphatic heterocycles. The summed E-state index contributed by atoms with van der Waals surface area (Å²) in [6, 6.07) is -0.650. The SMILES string of the molecule is CC(C)C1SCC(C(=O)O)N1C(=O)CC1CNC1. The number of carboxylic acid groups (broad SMARTS) is 1. The fourth-order valence-electron chi connectivity index (χ4n) is 2.39. The molecule has 0 bridgehead atoms. The van der Waals surface area contributed by atoms with E-state index in [9.17, 15) is 14.7 Å². The van der Waals surface area contributed by atoms with Gasteiger partial charge in [-0.15, -0.1) is 11.8 Å². The second-order valence-electron chi connectivity index (χ2n) is 5.35. The second-order valence-corrected chi connectivity index (χ2v) is 6.50. The van der Waals surface area contributed by atoms with Gasteiger partial charge >= 0.3 is 5.97 Å². The van der Waals surface area contributed by atoms with Crippen LogP contribution in [0.25, 0.3) is 0 Å². The average molecular weight is 272 g/mol. The maximum atomic E-state index is 12.3. The molecule has 0 spiro atoms. The molecule has 0 aliphatic carbocycles. The largest absolute Gasteiger partial charge is 0.480 e. The Morgan fingerprint density at radius 1 is 1.44 bits per heavy atom. The van der Waals surface area contributed by atoms with Gasteiger partial charge < -0.3 is 15.3 Å². The molecular weight excluding hydrogens is 252 g/mol. The predicted molar refractivity (Wildman–Crippen MR) is 70.3 cm³/mol. The van der Waals surface area contributed by atoms with Crippen LogP contribution in [0.5, 0.6) is 0 Å². The highest BCUT2D eigenvalue weighted by molar-refractivity contribution is 8.00. The van der Waals surface area contributed by atoms with E-state index in [0.717, 1.165) is 13.1 Å². The van der Waals surface area contributed by atoms with Crippen molar-refractivity contribution in [3.05, 3.63) is 0 Å². The van der Waals surface area contributed by atoms with Gasteiger partial charge in [-0.1, -0.05) is 13.8 Å². The predicted octanol–water partition coefficient (Wildman–Crippen LogP) is 0.607. The number of thioether (sulfide) groups is 1. The zero-order valence-electron chi connectivity index (χ0n) is 10.8. The highest BCUT2D eigenvalue weighted by Crippen LogP contribution is 2.35. The molecule has 2 atom stereocenters. The van der Waals surface area contributed by atoms with Crippen LogP contribution in [0.15, 0.2) is 0 Å². The molecule has 2 aliphatic rings. The highest BCUT2D eigenvalue weighted by atomic mass is 32.2. The molecule has 0 aromatic heterocycles. The van der Waals surface area contributed by atoms with Gasteiger partial charge in [-0.25, -0.2) is 4.79 Å². The van der Waals surface area contributed by atoms with Gasteiger partial charge in [-0.2, -0.15) is 0 Å². The fourth-order valence-corrected chi connectivity index (χ4v) is 3.89. The Morgan fingerprint density at radius 3 is 2.56 bits per heavy atom. The molecule has 2 unspecified atom stereocenters. The Morgan fingerprint density at radius 2 is 2.11 bits per heavy atom. The lowest BCUT2D eigenvalue weighted by atomic mass is 9.98. The molecule has 2 N–H and O–H groups in total. The van der Waals surface area contributed by atoms with Gasteiger partial charge in [-0.3, -0.25) is 4.79 Å². The van der Waals surface area contributed by atoms with Crippen molar-refractivity contribution in [3.63, 3.8) is 0 Å². The molecule has 2 rings (SSSR count). The first kappa shape index (κ1) is 13.7. The monoisotopic (exact) mass is 272 g/mol. The van der Waals surface area contributed by atoms with E-state index in [2.05, 4.69) is 5.32 Å². The molecule has 0 aromatic rings. The molecule has 2 fully saturated rings. The van der Waals surface area contributed by atoms with Crippen LogP contribution in [0.4, 0.5) is 0 Å². The van der Waals surface area contributed by atoms with Crippen LogP contribution in [-0.4, -0.2) is 52.1 Å². The van der Waals surface area contributed by atoms with Crippen LogP contribution in [0, 0.1) is 11.8 Å². The maximum absolute atomic E-state index is 12.3. The van der Waals surface area contributed by atoms with E-state index in [4.69, 9.17) is 0 Å². The molecule has 1 amide bonds. The van der Waals surface area contributed by atoms with Crippen LogP contribution < -0.4 is 5.32 Å². The molecule has 5 nitrogen and oxygen atoms in total. The first-order valence-electron chi connectivity index (χ1n) is 6.37. The molecule has 102 valence electrons. The molecule has 0 saturated carbocycles. The van der Waals surface area contributed by atoms with Gasteiger partial charge in [0.2, 0.25) is 5.91 Å². The van der Waals surface area contributed by atoms with Gasteiger partial charge in [0.15, 0.2) is 0 Å². The number of amides is 1. The number of carbonyl (C=O) groups is 2. The number of carboxylic acids is 1. The lowest BCUT2D eigenvalue weighted by Gasteiger charge is -2.33. The first-order chi connectivity index (χ1) is 8.50. The van der Waals surface area contributed by atoms with Gasteiger partial charge in [-0.05, 0) is 24.9 Å². The van der Waals surface area contributed by atoms with E-state index in [1.165, 1.54) is 0 Å². The van der Waals surface area contributed by atoms with Gasteiger partial charge in [0.25, 0.3) is 0 Å². The average Bonchev–Trinajstić information content (AvgIpc) is 2.67. The number of rotatable bonds is 4. The van der Waals surface area contributed by atoms with Crippen molar-refractivity contribution in [3.8, 4) is 0 Å². The van der Waals surface area contributed by atoms with E-state index in [1.807, 2.05) is 13.8 Å². The van der Waals surface area contributed by atoms with Crippen molar-refractivity contribution in [2.24, 2.45) is 11.8 Å². The highest BCUT2D eigenvalue weighted by Gasteiger charge is 2.43. The summed E-state index contributed by atoms with van der Waals surface area (Å²) in [6.45, 7) is 5.81. The Bertz CT molecular complexity index is 344. The van der Waals surface area contributed by atoms with Crippen LogP contribution in [-0.2, 0) is 9.59 Å². The lowest BCUT2D eigenvalue weighted by Crippen LogP contribution is -2.50. The van der Waals surface area contributed by atoms with Crippen LogP contribution >= 0.6 is 11.8 Å². The van der Waals surface area contributed by atoms with Crippen LogP contribution in [0.3, 0.4) is 0 Å². The first-order valence-corrected chi connectivity index (χ1v) is 7.42. The number of aliphatic carboxylic acids is 1.